The summed E-state index contributed by atoms with van der Waals surface area (Å²) in [6.07, 6.45) is 1.74. The van der Waals surface area contributed by atoms with E-state index in [2.05, 4.69) is 0 Å². The molecule has 2 aromatic carbocycles. The highest BCUT2D eigenvalue weighted by molar-refractivity contribution is 8.26. The zero-order valence-electron chi connectivity index (χ0n) is 17.3. The quantitative estimate of drug-likeness (QED) is 0.284. The highest BCUT2D eigenvalue weighted by atomic mass is 35.5. The van der Waals surface area contributed by atoms with Crippen molar-refractivity contribution in [1.29, 1.82) is 0 Å². The number of ether oxygens (including phenoxy) is 4. The van der Waals surface area contributed by atoms with Crippen LogP contribution >= 0.6 is 35.6 Å². The van der Waals surface area contributed by atoms with Gasteiger partial charge in [0.25, 0.3) is 5.91 Å². The topological polar surface area (TPSA) is 57.2 Å². The minimum absolute atomic E-state index is 0.140. The van der Waals surface area contributed by atoms with Crippen LogP contribution in [-0.4, -0.2) is 49.1 Å². The van der Waals surface area contributed by atoms with Gasteiger partial charge in [-0.05, 0) is 42.8 Å². The summed E-state index contributed by atoms with van der Waals surface area (Å²) < 4.78 is 23.0. The van der Waals surface area contributed by atoms with Crippen LogP contribution in [0.4, 0.5) is 0 Å². The second-order valence-electron chi connectivity index (χ2n) is 6.38. The molecule has 9 heteroatoms. The molecule has 2 aromatic rings. The van der Waals surface area contributed by atoms with Gasteiger partial charge in [0.1, 0.15) is 29.0 Å². The third-order valence-electron chi connectivity index (χ3n) is 4.26. The van der Waals surface area contributed by atoms with Crippen LogP contribution < -0.4 is 18.9 Å². The fourth-order valence-corrected chi connectivity index (χ4v) is 4.22. The van der Waals surface area contributed by atoms with Crippen molar-refractivity contribution in [3.05, 3.63) is 51.9 Å². The van der Waals surface area contributed by atoms with Crippen LogP contribution in [0.15, 0.2) is 41.3 Å². The van der Waals surface area contributed by atoms with Gasteiger partial charge in [-0.3, -0.25) is 9.69 Å². The first-order valence-corrected chi connectivity index (χ1v) is 11.1. The standard InChI is InChI=1S/C22H22ClNO5S2/c1-4-27-18-11-14(12-19-21(25)24(2)22(30)31-19)10-17(23)20(18)29-9-8-28-16-7-5-6-15(13-16)26-3/h5-7,10-13H,4,8-9H2,1-3H3. The Labute approximate surface area is 196 Å². The zero-order valence-corrected chi connectivity index (χ0v) is 19.7. The zero-order chi connectivity index (χ0) is 22.4. The SMILES string of the molecule is CCOc1cc(C=C2SC(=S)N(C)C2=O)cc(Cl)c1OCCOc1cccc(OC)c1. The van der Waals surface area contributed by atoms with Gasteiger partial charge in [0.2, 0.25) is 0 Å². The van der Waals surface area contributed by atoms with Crippen LogP contribution in [0, 0.1) is 0 Å². The molecule has 3 rings (SSSR count). The van der Waals surface area contributed by atoms with E-state index in [1.807, 2.05) is 25.1 Å². The molecule has 0 unspecified atom stereocenters. The normalized spacial score (nSPS) is 14.8. The summed E-state index contributed by atoms with van der Waals surface area (Å²) in [6.45, 7) is 2.90. The van der Waals surface area contributed by atoms with E-state index in [-0.39, 0.29) is 12.5 Å². The smallest absolute Gasteiger partial charge is 0.265 e. The summed E-state index contributed by atoms with van der Waals surface area (Å²) in [5.41, 5.74) is 0.724. The molecule has 1 amide bonds. The number of carbonyl (C=O) groups excluding carboxylic acids is 1. The van der Waals surface area contributed by atoms with E-state index in [4.69, 9.17) is 42.8 Å². The summed E-state index contributed by atoms with van der Waals surface area (Å²) in [7, 11) is 3.26. The maximum atomic E-state index is 12.3. The molecule has 0 bridgehead atoms. The number of benzene rings is 2. The summed E-state index contributed by atoms with van der Waals surface area (Å²) in [4.78, 5) is 14.2. The molecule has 0 aliphatic carbocycles. The first kappa shape index (κ1) is 23.2. The summed E-state index contributed by atoms with van der Waals surface area (Å²) in [5, 5.41) is 0.380. The molecular formula is C22H22ClNO5S2. The van der Waals surface area contributed by atoms with Gasteiger partial charge in [-0.25, -0.2) is 0 Å². The molecule has 31 heavy (non-hydrogen) atoms. The number of hydrogen-bond acceptors (Lipinski definition) is 7. The first-order valence-electron chi connectivity index (χ1n) is 9.50. The van der Waals surface area contributed by atoms with Crippen LogP contribution in [0.25, 0.3) is 6.08 Å². The van der Waals surface area contributed by atoms with Crippen molar-refractivity contribution in [1.82, 2.24) is 4.90 Å². The lowest BCUT2D eigenvalue weighted by atomic mass is 10.1. The molecule has 0 aromatic heterocycles. The molecular weight excluding hydrogens is 458 g/mol. The van der Waals surface area contributed by atoms with Gasteiger partial charge in [0.05, 0.1) is 23.6 Å². The van der Waals surface area contributed by atoms with Crippen molar-refractivity contribution in [3.8, 4) is 23.0 Å². The third kappa shape index (κ3) is 5.84. The van der Waals surface area contributed by atoms with Crippen molar-refractivity contribution in [2.45, 2.75) is 6.92 Å². The minimum Gasteiger partial charge on any atom is -0.497 e. The molecule has 1 heterocycles. The summed E-state index contributed by atoms with van der Waals surface area (Å²) in [5.74, 6) is 2.19. The average molecular weight is 480 g/mol. The Morgan fingerprint density at radius 3 is 2.55 bits per heavy atom. The summed E-state index contributed by atoms with van der Waals surface area (Å²) >= 11 is 12.9. The number of hydrogen-bond donors (Lipinski definition) is 0. The van der Waals surface area contributed by atoms with Gasteiger partial charge in [-0.1, -0.05) is 41.6 Å². The number of amides is 1. The van der Waals surface area contributed by atoms with E-state index in [0.29, 0.717) is 44.7 Å². The molecule has 1 saturated heterocycles. The van der Waals surface area contributed by atoms with Crippen molar-refractivity contribution >= 4 is 51.9 Å². The number of likely N-dealkylation sites (N-methyl/N-ethyl adjacent to an activating group) is 1. The lowest BCUT2D eigenvalue weighted by molar-refractivity contribution is -0.121. The molecule has 0 saturated carbocycles. The molecule has 6 nitrogen and oxygen atoms in total. The average Bonchev–Trinajstić information content (AvgIpc) is 2.99. The van der Waals surface area contributed by atoms with E-state index in [0.717, 1.165) is 11.3 Å². The van der Waals surface area contributed by atoms with E-state index in [1.165, 1.54) is 16.7 Å². The van der Waals surface area contributed by atoms with Crippen LogP contribution in [0.2, 0.25) is 5.02 Å². The Balaban J connectivity index is 1.70. The lowest BCUT2D eigenvalue weighted by Gasteiger charge is -2.15. The predicted octanol–water partition coefficient (Wildman–Crippen LogP) is 5.04. The number of halogens is 1. The molecule has 0 radical (unpaired) electrons. The van der Waals surface area contributed by atoms with Gasteiger partial charge in [-0.2, -0.15) is 0 Å². The Bertz CT molecular complexity index is 1010. The van der Waals surface area contributed by atoms with Gasteiger partial charge in [0.15, 0.2) is 11.5 Å². The third-order valence-corrected chi connectivity index (χ3v) is 6.02. The summed E-state index contributed by atoms with van der Waals surface area (Å²) in [6, 6.07) is 10.9. The Hall–Kier alpha value is -2.42. The highest BCUT2D eigenvalue weighted by Crippen LogP contribution is 2.39. The second kappa shape index (κ2) is 10.7. The maximum Gasteiger partial charge on any atom is 0.265 e. The number of thioether (sulfide) groups is 1. The van der Waals surface area contributed by atoms with Gasteiger partial charge >= 0.3 is 0 Å². The van der Waals surface area contributed by atoms with Crippen molar-refractivity contribution in [3.63, 3.8) is 0 Å². The van der Waals surface area contributed by atoms with Crippen molar-refractivity contribution in [2.75, 3.05) is 34.0 Å². The second-order valence-corrected chi connectivity index (χ2v) is 8.46. The molecule has 0 atom stereocenters. The van der Waals surface area contributed by atoms with Crippen LogP contribution in [-0.2, 0) is 4.79 Å². The fraction of sp³-hybridized carbons (Fsp3) is 0.273. The Morgan fingerprint density at radius 2 is 1.87 bits per heavy atom. The number of methoxy groups -OCH3 is 1. The van der Waals surface area contributed by atoms with Crippen LogP contribution in [0.3, 0.4) is 0 Å². The lowest BCUT2D eigenvalue weighted by Crippen LogP contribution is -2.22. The van der Waals surface area contributed by atoms with E-state index >= 15 is 0 Å². The molecule has 0 N–H and O–H groups in total. The highest BCUT2D eigenvalue weighted by Gasteiger charge is 2.28. The molecule has 164 valence electrons. The minimum atomic E-state index is -0.140. The first-order chi connectivity index (χ1) is 14.9. The van der Waals surface area contributed by atoms with Gasteiger partial charge < -0.3 is 18.9 Å². The monoisotopic (exact) mass is 479 g/mol. The van der Waals surface area contributed by atoms with Gasteiger partial charge in [-0.15, -0.1) is 0 Å². The van der Waals surface area contributed by atoms with Crippen molar-refractivity contribution in [2.24, 2.45) is 0 Å². The predicted molar refractivity (Wildman–Crippen MR) is 128 cm³/mol. The number of nitrogens with zero attached hydrogens (tertiary/aromatic N) is 1. The molecule has 0 spiro atoms. The van der Waals surface area contributed by atoms with Crippen LogP contribution in [0.5, 0.6) is 23.0 Å². The van der Waals surface area contributed by atoms with E-state index in [1.54, 1.807) is 38.4 Å². The molecule has 1 aliphatic rings. The number of rotatable bonds is 9. The largest absolute Gasteiger partial charge is 0.497 e. The number of thiocarbonyl (C=S) groups is 1. The van der Waals surface area contributed by atoms with E-state index < -0.39 is 0 Å². The van der Waals surface area contributed by atoms with Gasteiger partial charge in [0, 0.05) is 13.1 Å². The molecule has 1 fully saturated rings. The maximum absolute atomic E-state index is 12.3. The fourth-order valence-electron chi connectivity index (χ4n) is 2.77. The van der Waals surface area contributed by atoms with E-state index in [9.17, 15) is 4.79 Å². The van der Waals surface area contributed by atoms with Crippen LogP contribution in [0.1, 0.15) is 12.5 Å². The Kier molecular flexibility index (Phi) is 8.06. The number of carbonyl (C=O) groups is 1. The Morgan fingerprint density at radius 1 is 1.13 bits per heavy atom. The van der Waals surface area contributed by atoms with Crippen molar-refractivity contribution < 1.29 is 23.7 Å². The molecule has 1 aliphatic heterocycles.